The van der Waals surface area contributed by atoms with Gasteiger partial charge in [-0.15, -0.1) is 0 Å². The van der Waals surface area contributed by atoms with E-state index < -0.39 is 5.97 Å². The van der Waals surface area contributed by atoms with Gasteiger partial charge in [0.2, 0.25) is 5.78 Å². The normalized spacial score (nSPS) is 22.5. The predicted octanol–water partition coefficient (Wildman–Crippen LogP) is 0.221. The highest BCUT2D eigenvalue weighted by atomic mass is 35.5. The molecular weight excluding hydrogens is 301 g/mol. The van der Waals surface area contributed by atoms with E-state index in [0.717, 1.165) is 4.90 Å². The molecule has 0 spiro atoms. The van der Waals surface area contributed by atoms with Crippen LogP contribution in [-0.4, -0.2) is 31.4 Å². The Morgan fingerprint density at radius 1 is 1.20 bits per heavy atom. The summed E-state index contributed by atoms with van der Waals surface area (Å²) in [4.78, 5) is 24.0. The van der Waals surface area contributed by atoms with E-state index >= 15 is 0 Å². The summed E-state index contributed by atoms with van der Waals surface area (Å²) in [6, 6.07) is 4.83. The highest BCUT2D eigenvalue weighted by Crippen LogP contribution is 2.22. The lowest BCUT2D eigenvalue weighted by molar-refractivity contribution is -0.897. The molecule has 1 saturated heterocycles. The van der Waals surface area contributed by atoms with Gasteiger partial charge in [-0.3, -0.25) is 4.79 Å². The molecule has 0 atom stereocenters. The number of piperidine rings is 1. The van der Waals surface area contributed by atoms with Crippen LogP contribution in [0.2, 0.25) is 10.0 Å². The van der Waals surface area contributed by atoms with Crippen LogP contribution in [0, 0.1) is 5.92 Å². The molecule has 20 heavy (non-hydrogen) atoms. The van der Waals surface area contributed by atoms with Crippen LogP contribution < -0.4 is 10.0 Å². The van der Waals surface area contributed by atoms with Gasteiger partial charge in [0.25, 0.3) is 0 Å². The van der Waals surface area contributed by atoms with E-state index in [-0.39, 0.29) is 11.7 Å². The number of nitrogens with one attached hydrogen (secondary N) is 1. The molecule has 1 aromatic rings. The molecule has 1 aliphatic rings. The fraction of sp³-hybridized carbons (Fsp3) is 0.429. The van der Waals surface area contributed by atoms with Gasteiger partial charge in [0.15, 0.2) is 0 Å². The number of rotatable bonds is 4. The van der Waals surface area contributed by atoms with Crippen LogP contribution in [0.25, 0.3) is 0 Å². The third-order valence-corrected chi connectivity index (χ3v) is 4.42. The van der Waals surface area contributed by atoms with Gasteiger partial charge in [-0.2, -0.15) is 0 Å². The predicted molar refractivity (Wildman–Crippen MR) is 74.1 cm³/mol. The first-order valence-electron chi connectivity index (χ1n) is 6.50. The van der Waals surface area contributed by atoms with Crippen molar-refractivity contribution >= 4 is 35.0 Å². The van der Waals surface area contributed by atoms with Crippen LogP contribution in [-0.2, 0) is 4.79 Å². The molecule has 1 aliphatic heterocycles. The fourth-order valence-corrected chi connectivity index (χ4v) is 2.74. The Kier molecular flexibility index (Phi) is 5.02. The lowest BCUT2D eigenvalue weighted by Crippen LogP contribution is -3.14. The first-order valence-corrected chi connectivity index (χ1v) is 7.25. The average Bonchev–Trinajstić information content (AvgIpc) is 2.42. The van der Waals surface area contributed by atoms with Crippen molar-refractivity contribution in [3.8, 4) is 0 Å². The van der Waals surface area contributed by atoms with Crippen LogP contribution in [0.3, 0.4) is 0 Å². The molecule has 1 heterocycles. The van der Waals surface area contributed by atoms with Gasteiger partial charge in [-0.05, 0) is 18.2 Å². The van der Waals surface area contributed by atoms with E-state index in [1.807, 2.05) is 0 Å². The van der Waals surface area contributed by atoms with Gasteiger partial charge in [0.05, 0.1) is 23.1 Å². The minimum Gasteiger partial charge on any atom is -0.550 e. The molecule has 0 saturated carbocycles. The van der Waals surface area contributed by atoms with E-state index in [4.69, 9.17) is 23.2 Å². The highest BCUT2D eigenvalue weighted by molar-refractivity contribution is 6.42. The van der Waals surface area contributed by atoms with Gasteiger partial charge in [0.1, 0.15) is 6.54 Å². The molecule has 6 heteroatoms. The van der Waals surface area contributed by atoms with Crippen LogP contribution in [0.5, 0.6) is 0 Å². The summed E-state index contributed by atoms with van der Waals surface area (Å²) in [5, 5.41) is 11.5. The van der Waals surface area contributed by atoms with Gasteiger partial charge in [-0.25, -0.2) is 0 Å². The Morgan fingerprint density at radius 3 is 2.40 bits per heavy atom. The molecule has 2 rings (SSSR count). The van der Waals surface area contributed by atoms with Crippen molar-refractivity contribution in [3.05, 3.63) is 33.8 Å². The van der Waals surface area contributed by atoms with E-state index in [9.17, 15) is 14.7 Å². The number of halogens is 2. The van der Waals surface area contributed by atoms with Crippen LogP contribution in [0.15, 0.2) is 18.2 Å². The SMILES string of the molecule is O=C(C[NH+]1CCC(C(=O)[O-])CC1)c1ccc(Cl)c(Cl)c1. The molecular formula is C14H15Cl2NO3. The van der Waals surface area contributed by atoms with Crippen molar-refractivity contribution in [2.75, 3.05) is 19.6 Å². The standard InChI is InChI=1S/C14H15Cl2NO3/c15-11-2-1-10(7-12(11)16)13(18)8-17-5-3-9(4-6-17)14(19)20/h1-2,7,9H,3-6,8H2,(H,19,20). The zero-order valence-corrected chi connectivity index (χ0v) is 12.3. The summed E-state index contributed by atoms with van der Waals surface area (Å²) in [7, 11) is 0. The van der Waals surface area contributed by atoms with Crippen LogP contribution >= 0.6 is 23.2 Å². The summed E-state index contributed by atoms with van der Waals surface area (Å²) < 4.78 is 0. The number of hydrogen-bond donors (Lipinski definition) is 1. The number of carbonyl (C=O) groups excluding carboxylic acids is 2. The molecule has 108 valence electrons. The number of benzene rings is 1. The van der Waals surface area contributed by atoms with Gasteiger partial charge in [0, 0.05) is 30.3 Å². The zero-order chi connectivity index (χ0) is 14.7. The molecule has 0 amide bonds. The lowest BCUT2D eigenvalue weighted by Gasteiger charge is -2.29. The summed E-state index contributed by atoms with van der Waals surface area (Å²) in [6.45, 7) is 1.69. The quantitative estimate of drug-likeness (QED) is 0.809. The number of carboxylic acids is 1. The minimum absolute atomic E-state index is 0.00883. The maximum atomic E-state index is 12.1. The Balaban J connectivity index is 1.92. The summed E-state index contributed by atoms with van der Waals surface area (Å²) in [6.07, 6.45) is 1.12. The summed E-state index contributed by atoms with van der Waals surface area (Å²) in [5.41, 5.74) is 0.536. The number of carbonyl (C=O) groups is 2. The number of likely N-dealkylation sites (tertiary alicyclic amines) is 1. The number of aliphatic carboxylic acids is 1. The highest BCUT2D eigenvalue weighted by Gasteiger charge is 2.25. The maximum Gasteiger partial charge on any atom is 0.216 e. The summed E-state index contributed by atoms with van der Waals surface area (Å²) >= 11 is 11.7. The van der Waals surface area contributed by atoms with Crippen molar-refractivity contribution < 1.29 is 19.6 Å². The van der Waals surface area contributed by atoms with Crippen LogP contribution in [0.1, 0.15) is 23.2 Å². The molecule has 0 bridgehead atoms. The smallest absolute Gasteiger partial charge is 0.216 e. The Labute approximate surface area is 127 Å². The van der Waals surface area contributed by atoms with E-state index in [1.165, 1.54) is 0 Å². The molecule has 1 fully saturated rings. The number of carboxylic acid groups (broad SMARTS) is 1. The number of ketones is 1. The van der Waals surface area contributed by atoms with Crippen molar-refractivity contribution in [2.24, 2.45) is 5.92 Å². The minimum atomic E-state index is -0.986. The zero-order valence-electron chi connectivity index (χ0n) is 10.8. The van der Waals surface area contributed by atoms with Crippen molar-refractivity contribution in [2.45, 2.75) is 12.8 Å². The van der Waals surface area contributed by atoms with Crippen LogP contribution in [0.4, 0.5) is 0 Å². The number of Topliss-reactive ketones (excluding diaryl/α,β-unsaturated/α-hetero) is 1. The molecule has 0 radical (unpaired) electrons. The van der Waals surface area contributed by atoms with Gasteiger partial charge >= 0.3 is 0 Å². The van der Waals surface area contributed by atoms with Gasteiger partial charge in [-0.1, -0.05) is 23.2 Å². The number of quaternary nitrogens is 1. The Hall–Kier alpha value is -1.10. The Morgan fingerprint density at radius 2 is 1.85 bits per heavy atom. The van der Waals surface area contributed by atoms with E-state index in [0.29, 0.717) is 48.1 Å². The summed E-state index contributed by atoms with van der Waals surface area (Å²) in [5.74, 6) is -1.37. The molecule has 4 nitrogen and oxygen atoms in total. The van der Waals surface area contributed by atoms with E-state index in [1.54, 1.807) is 18.2 Å². The first kappa shape index (κ1) is 15.3. The second kappa shape index (κ2) is 6.57. The van der Waals surface area contributed by atoms with Crippen molar-refractivity contribution in [3.63, 3.8) is 0 Å². The average molecular weight is 316 g/mol. The maximum absolute atomic E-state index is 12.1. The van der Waals surface area contributed by atoms with Gasteiger partial charge < -0.3 is 14.8 Å². The molecule has 0 aliphatic carbocycles. The first-order chi connectivity index (χ1) is 9.47. The lowest BCUT2D eigenvalue weighted by atomic mass is 9.97. The van der Waals surface area contributed by atoms with Crippen molar-refractivity contribution in [1.29, 1.82) is 0 Å². The second-order valence-electron chi connectivity index (χ2n) is 5.07. The second-order valence-corrected chi connectivity index (χ2v) is 5.89. The number of hydrogen-bond acceptors (Lipinski definition) is 3. The molecule has 0 aromatic heterocycles. The third-order valence-electron chi connectivity index (χ3n) is 3.68. The van der Waals surface area contributed by atoms with Crippen molar-refractivity contribution in [1.82, 2.24) is 0 Å². The Bertz CT molecular complexity index is 525. The molecule has 1 N–H and O–H groups in total. The van der Waals surface area contributed by atoms with E-state index in [2.05, 4.69) is 0 Å². The molecule has 0 unspecified atom stereocenters. The topological polar surface area (TPSA) is 61.6 Å². The monoisotopic (exact) mass is 315 g/mol. The fourth-order valence-electron chi connectivity index (χ4n) is 2.44. The third kappa shape index (κ3) is 3.72. The largest absolute Gasteiger partial charge is 0.550 e. The molecule has 1 aromatic carbocycles.